The summed E-state index contributed by atoms with van der Waals surface area (Å²) in [4.78, 5) is 21.6. The van der Waals surface area contributed by atoms with Gasteiger partial charge in [0, 0.05) is 17.8 Å². The number of primary amides is 1. The highest BCUT2D eigenvalue weighted by Gasteiger charge is 2.31. The fourth-order valence-electron chi connectivity index (χ4n) is 4.00. The minimum atomic E-state index is -4.40. The SMILES string of the molecule is NC(=O)C1CCN(Cc2ccc3c(c2)c2ncnc(Cl)c2n3CC(F)(F)F)CC1. The van der Waals surface area contributed by atoms with Crippen LogP contribution in [0.25, 0.3) is 21.9 Å². The van der Waals surface area contributed by atoms with Gasteiger partial charge in [0.1, 0.15) is 23.9 Å². The first-order valence-electron chi connectivity index (χ1n) is 9.22. The topological polar surface area (TPSA) is 77.0 Å². The molecule has 0 bridgehead atoms. The van der Waals surface area contributed by atoms with E-state index in [1.807, 2.05) is 12.1 Å². The number of hydrogen-bond acceptors (Lipinski definition) is 4. The maximum atomic E-state index is 13.1. The van der Waals surface area contributed by atoms with Gasteiger partial charge in [-0.3, -0.25) is 9.69 Å². The van der Waals surface area contributed by atoms with Crippen molar-refractivity contribution >= 4 is 39.4 Å². The summed E-state index contributed by atoms with van der Waals surface area (Å²) in [5.41, 5.74) is 7.33. The molecule has 154 valence electrons. The lowest BCUT2D eigenvalue weighted by Crippen LogP contribution is -2.38. The molecule has 2 aromatic heterocycles. The second-order valence-corrected chi connectivity index (χ2v) is 7.73. The number of fused-ring (bicyclic) bond motifs is 3. The lowest BCUT2D eigenvalue weighted by atomic mass is 9.96. The van der Waals surface area contributed by atoms with Crippen LogP contribution in [0.2, 0.25) is 5.15 Å². The zero-order valence-corrected chi connectivity index (χ0v) is 16.2. The van der Waals surface area contributed by atoms with Crippen LogP contribution in [0.15, 0.2) is 24.5 Å². The number of nitrogens with zero attached hydrogens (tertiary/aromatic N) is 4. The number of carbonyl (C=O) groups is 1. The van der Waals surface area contributed by atoms with E-state index in [1.165, 1.54) is 6.33 Å². The molecule has 1 saturated heterocycles. The number of halogens is 4. The molecule has 2 N–H and O–H groups in total. The Labute approximate surface area is 169 Å². The molecule has 1 aliphatic rings. The Balaban J connectivity index is 1.68. The second-order valence-electron chi connectivity index (χ2n) is 7.37. The number of amides is 1. The van der Waals surface area contributed by atoms with Crippen LogP contribution >= 0.6 is 11.6 Å². The van der Waals surface area contributed by atoms with E-state index in [2.05, 4.69) is 14.9 Å². The van der Waals surface area contributed by atoms with Gasteiger partial charge in [0.25, 0.3) is 0 Å². The van der Waals surface area contributed by atoms with Gasteiger partial charge in [-0.05, 0) is 43.6 Å². The Hall–Kier alpha value is -2.39. The Kier molecular flexibility index (Phi) is 5.12. The zero-order chi connectivity index (χ0) is 20.8. The van der Waals surface area contributed by atoms with E-state index >= 15 is 0 Å². The third-order valence-electron chi connectivity index (χ3n) is 5.39. The number of aromatic nitrogens is 3. The highest BCUT2D eigenvalue weighted by atomic mass is 35.5. The van der Waals surface area contributed by atoms with Crippen LogP contribution in [0, 0.1) is 5.92 Å². The summed E-state index contributed by atoms with van der Waals surface area (Å²) in [5, 5.41) is 0.601. The van der Waals surface area contributed by atoms with Gasteiger partial charge in [-0.2, -0.15) is 13.2 Å². The van der Waals surface area contributed by atoms with Crippen molar-refractivity contribution in [2.45, 2.75) is 32.1 Å². The lowest BCUT2D eigenvalue weighted by molar-refractivity contribution is -0.139. The average Bonchev–Trinajstić information content (AvgIpc) is 2.95. The quantitative estimate of drug-likeness (QED) is 0.649. The van der Waals surface area contributed by atoms with Gasteiger partial charge in [-0.25, -0.2) is 9.97 Å². The summed E-state index contributed by atoms with van der Waals surface area (Å²) in [6.45, 7) is 0.956. The fraction of sp³-hybridized carbons (Fsp3) is 0.421. The molecule has 3 heterocycles. The van der Waals surface area contributed by atoms with Gasteiger partial charge in [-0.1, -0.05) is 17.7 Å². The molecule has 1 amide bonds. The van der Waals surface area contributed by atoms with Gasteiger partial charge in [0.2, 0.25) is 5.91 Å². The molecular weight excluding hydrogens is 407 g/mol. The highest BCUT2D eigenvalue weighted by Crippen LogP contribution is 2.34. The predicted octanol–water partition coefficient (Wildman–Crippen LogP) is 3.50. The summed E-state index contributed by atoms with van der Waals surface area (Å²) in [6, 6.07) is 5.34. The molecule has 0 aliphatic carbocycles. The van der Waals surface area contributed by atoms with Crippen molar-refractivity contribution < 1.29 is 18.0 Å². The molecule has 1 fully saturated rings. The summed E-state index contributed by atoms with van der Waals surface area (Å²) in [5.74, 6) is -0.354. The molecule has 0 saturated carbocycles. The van der Waals surface area contributed by atoms with Gasteiger partial charge in [-0.15, -0.1) is 0 Å². The van der Waals surface area contributed by atoms with E-state index in [1.54, 1.807) is 6.07 Å². The Morgan fingerprint density at radius 1 is 1.24 bits per heavy atom. The van der Waals surface area contributed by atoms with E-state index in [4.69, 9.17) is 17.3 Å². The Morgan fingerprint density at radius 2 is 1.97 bits per heavy atom. The first-order chi connectivity index (χ1) is 13.7. The summed E-state index contributed by atoms with van der Waals surface area (Å²) < 4.78 is 40.5. The first kappa shape index (κ1) is 19.9. The highest BCUT2D eigenvalue weighted by molar-refractivity contribution is 6.34. The van der Waals surface area contributed by atoms with Crippen LogP contribution in [0.3, 0.4) is 0 Å². The number of likely N-dealkylation sites (tertiary alicyclic amines) is 1. The van der Waals surface area contributed by atoms with Crippen LogP contribution in [-0.2, 0) is 17.9 Å². The van der Waals surface area contributed by atoms with E-state index in [9.17, 15) is 18.0 Å². The number of hydrogen-bond donors (Lipinski definition) is 1. The number of benzene rings is 1. The summed E-state index contributed by atoms with van der Waals surface area (Å²) in [7, 11) is 0. The molecule has 0 atom stereocenters. The minimum absolute atomic E-state index is 0.00877. The van der Waals surface area contributed by atoms with Crippen molar-refractivity contribution in [1.82, 2.24) is 19.4 Å². The monoisotopic (exact) mass is 425 g/mol. The Bertz CT molecular complexity index is 1070. The Morgan fingerprint density at radius 3 is 2.62 bits per heavy atom. The molecular formula is C19H19ClF3N5O. The molecule has 4 rings (SSSR count). The van der Waals surface area contributed by atoms with Gasteiger partial charge < -0.3 is 10.3 Å². The van der Waals surface area contributed by atoms with E-state index in [-0.39, 0.29) is 22.5 Å². The molecule has 6 nitrogen and oxygen atoms in total. The lowest BCUT2D eigenvalue weighted by Gasteiger charge is -2.30. The van der Waals surface area contributed by atoms with Gasteiger partial charge in [0.05, 0.1) is 5.52 Å². The molecule has 1 aromatic carbocycles. The largest absolute Gasteiger partial charge is 0.406 e. The molecule has 29 heavy (non-hydrogen) atoms. The van der Waals surface area contributed by atoms with E-state index in [0.717, 1.165) is 23.2 Å². The fourth-order valence-corrected chi connectivity index (χ4v) is 4.23. The zero-order valence-electron chi connectivity index (χ0n) is 15.4. The van der Waals surface area contributed by atoms with Crippen molar-refractivity contribution in [2.24, 2.45) is 11.7 Å². The summed E-state index contributed by atoms with van der Waals surface area (Å²) >= 11 is 6.11. The van der Waals surface area contributed by atoms with E-state index in [0.29, 0.717) is 35.8 Å². The average molecular weight is 426 g/mol. The van der Waals surface area contributed by atoms with Crippen molar-refractivity contribution in [3.63, 3.8) is 0 Å². The number of rotatable bonds is 4. The molecule has 0 unspecified atom stereocenters. The summed E-state index contributed by atoms with van der Waals surface area (Å²) in [6.07, 6.45) is -1.72. The van der Waals surface area contributed by atoms with Crippen molar-refractivity contribution in [3.8, 4) is 0 Å². The number of piperidine rings is 1. The number of nitrogens with two attached hydrogens (primary N) is 1. The normalized spacial score (nSPS) is 16.7. The third kappa shape index (κ3) is 4.02. The van der Waals surface area contributed by atoms with Crippen molar-refractivity contribution in [1.29, 1.82) is 0 Å². The van der Waals surface area contributed by atoms with Crippen molar-refractivity contribution in [2.75, 3.05) is 13.1 Å². The van der Waals surface area contributed by atoms with E-state index < -0.39 is 12.7 Å². The van der Waals surface area contributed by atoms with Crippen LogP contribution in [0.4, 0.5) is 13.2 Å². The molecule has 0 radical (unpaired) electrons. The van der Waals surface area contributed by atoms with Gasteiger partial charge >= 0.3 is 6.18 Å². The second kappa shape index (κ2) is 7.46. The maximum absolute atomic E-state index is 13.1. The van der Waals surface area contributed by atoms with Crippen LogP contribution in [0.5, 0.6) is 0 Å². The standard InChI is InChI=1S/C19H19ClF3N5O/c20-17-16-15(25-10-26-17)13-7-11(1-2-14(13)28(16)9-19(21,22)23)8-27-5-3-12(4-6-27)18(24)29/h1-2,7,10,12H,3-6,8-9H2,(H2,24,29). The molecule has 3 aromatic rings. The van der Waals surface area contributed by atoms with Crippen LogP contribution < -0.4 is 5.73 Å². The van der Waals surface area contributed by atoms with Gasteiger partial charge in [0.15, 0.2) is 5.15 Å². The van der Waals surface area contributed by atoms with Crippen molar-refractivity contribution in [3.05, 3.63) is 35.2 Å². The minimum Gasteiger partial charge on any atom is -0.369 e. The van der Waals surface area contributed by atoms with Crippen LogP contribution in [-0.4, -0.2) is 44.6 Å². The molecule has 1 aliphatic heterocycles. The number of alkyl halides is 3. The first-order valence-corrected chi connectivity index (χ1v) is 9.60. The van der Waals surface area contributed by atoms with Crippen LogP contribution in [0.1, 0.15) is 18.4 Å². The molecule has 10 heteroatoms. The third-order valence-corrected chi connectivity index (χ3v) is 5.66. The number of carbonyl (C=O) groups excluding carboxylic acids is 1. The molecule has 0 spiro atoms. The smallest absolute Gasteiger partial charge is 0.369 e. The predicted molar refractivity (Wildman–Crippen MR) is 103 cm³/mol. The maximum Gasteiger partial charge on any atom is 0.406 e.